The minimum atomic E-state index is -0.773. The summed E-state index contributed by atoms with van der Waals surface area (Å²) in [5.41, 5.74) is 0. The van der Waals surface area contributed by atoms with E-state index in [1.807, 2.05) is 19.9 Å². The van der Waals surface area contributed by atoms with Crippen LogP contribution in [0.4, 0.5) is 0 Å². The number of furan rings is 1. The Labute approximate surface area is 117 Å². The Morgan fingerprint density at radius 3 is 2.75 bits per heavy atom. The van der Waals surface area contributed by atoms with Crippen molar-refractivity contribution in [2.75, 3.05) is 6.54 Å². The molecule has 0 saturated carbocycles. The van der Waals surface area contributed by atoms with Crippen LogP contribution in [-0.4, -0.2) is 34.5 Å². The van der Waals surface area contributed by atoms with Crippen molar-refractivity contribution in [2.45, 2.75) is 32.7 Å². The predicted molar refractivity (Wildman–Crippen MR) is 74.0 cm³/mol. The van der Waals surface area contributed by atoms with Crippen LogP contribution in [0.1, 0.15) is 31.3 Å². The van der Waals surface area contributed by atoms with Crippen molar-refractivity contribution < 1.29 is 19.1 Å². The van der Waals surface area contributed by atoms with Gasteiger partial charge in [-0.25, -0.2) is 0 Å². The van der Waals surface area contributed by atoms with Crippen LogP contribution in [0.25, 0.3) is 6.08 Å². The van der Waals surface area contributed by atoms with Gasteiger partial charge in [0.2, 0.25) is 5.91 Å². The molecular weight excluding hydrogens is 258 g/mol. The van der Waals surface area contributed by atoms with E-state index in [1.165, 1.54) is 6.08 Å². The Morgan fingerprint density at radius 2 is 2.20 bits per heavy atom. The Bertz CT molecular complexity index is 532. The fraction of sp³-hybridized carbons (Fsp3) is 0.467. The van der Waals surface area contributed by atoms with Gasteiger partial charge in [-0.15, -0.1) is 0 Å². The third-order valence-corrected chi connectivity index (χ3v) is 3.66. The van der Waals surface area contributed by atoms with E-state index in [0.29, 0.717) is 25.1 Å². The van der Waals surface area contributed by atoms with E-state index in [1.54, 1.807) is 17.0 Å². The molecule has 20 heavy (non-hydrogen) atoms. The van der Waals surface area contributed by atoms with Gasteiger partial charge in [0.15, 0.2) is 0 Å². The van der Waals surface area contributed by atoms with E-state index in [2.05, 4.69) is 0 Å². The lowest BCUT2D eigenvalue weighted by molar-refractivity contribution is -0.146. The molecular formula is C15H19NO4. The highest BCUT2D eigenvalue weighted by molar-refractivity contribution is 5.91. The topological polar surface area (TPSA) is 70.8 Å². The summed E-state index contributed by atoms with van der Waals surface area (Å²) in [6, 6.07) is 3.59. The minimum Gasteiger partial charge on any atom is -0.481 e. The van der Waals surface area contributed by atoms with Crippen LogP contribution in [-0.2, 0) is 9.59 Å². The number of rotatable bonds is 3. The molecule has 1 N–H and O–H groups in total. The zero-order valence-electron chi connectivity index (χ0n) is 11.7. The molecule has 2 heterocycles. The van der Waals surface area contributed by atoms with Gasteiger partial charge in [-0.2, -0.15) is 0 Å². The van der Waals surface area contributed by atoms with Gasteiger partial charge in [0, 0.05) is 18.7 Å². The minimum absolute atomic E-state index is 0.0552. The van der Waals surface area contributed by atoms with Gasteiger partial charge in [-0.1, -0.05) is 0 Å². The smallest absolute Gasteiger partial charge is 0.306 e. The number of hydrogen-bond donors (Lipinski definition) is 1. The molecule has 1 saturated heterocycles. The standard InChI is InChI=1S/C15H19NO4/c1-10-9-12(15(18)19)7-8-16(10)14(17)6-5-13-4-3-11(2)20-13/h3-6,10,12H,7-9H2,1-2H3,(H,18,19)/b6-5+. The van der Waals surface area contributed by atoms with Gasteiger partial charge < -0.3 is 14.4 Å². The van der Waals surface area contributed by atoms with Gasteiger partial charge in [0.1, 0.15) is 11.5 Å². The molecule has 0 aromatic carbocycles. The van der Waals surface area contributed by atoms with Gasteiger partial charge >= 0.3 is 5.97 Å². The largest absolute Gasteiger partial charge is 0.481 e. The number of amides is 1. The summed E-state index contributed by atoms with van der Waals surface area (Å²) in [4.78, 5) is 24.8. The number of carbonyl (C=O) groups excluding carboxylic acids is 1. The van der Waals surface area contributed by atoms with Gasteiger partial charge in [-0.05, 0) is 44.9 Å². The molecule has 0 spiro atoms. The van der Waals surface area contributed by atoms with Crippen LogP contribution in [0, 0.1) is 12.8 Å². The number of aliphatic carboxylic acids is 1. The monoisotopic (exact) mass is 277 g/mol. The highest BCUT2D eigenvalue weighted by Crippen LogP contribution is 2.23. The van der Waals surface area contributed by atoms with Crippen LogP contribution >= 0.6 is 0 Å². The molecule has 1 aliphatic heterocycles. The predicted octanol–water partition coefficient (Wildman–Crippen LogP) is 2.31. The molecule has 1 aliphatic rings. The second-order valence-corrected chi connectivity index (χ2v) is 5.22. The molecule has 2 atom stereocenters. The maximum Gasteiger partial charge on any atom is 0.306 e. The normalized spacial score (nSPS) is 23.2. The van der Waals surface area contributed by atoms with Gasteiger partial charge in [0.25, 0.3) is 0 Å². The van der Waals surface area contributed by atoms with E-state index < -0.39 is 5.97 Å². The second-order valence-electron chi connectivity index (χ2n) is 5.22. The first kappa shape index (κ1) is 14.4. The molecule has 1 aromatic heterocycles. The molecule has 5 heteroatoms. The summed E-state index contributed by atoms with van der Waals surface area (Å²) in [5.74, 6) is 0.225. The number of carboxylic acid groups (broad SMARTS) is 1. The lowest BCUT2D eigenvalue weighted by atomic mass is 9.91. The first-order valence-electron chi connectivity index (χ1n) is 6.75. The molecule has 0 bridgehead atoms. The quantitative estimate of drug-likeness (QED) is 0.861. The summed E-state index contributed by atoms with van der Waals surface area (Å²) >= 11 is 0. The van der Waals surface area contributed by atoms with Crippen molar-refractivity contribution in [3.63, 3.8) is 0 Å². The van der Waals surface area contributed by atoms with E-state index in [0.717, 1.165) is 5.76 Å². The van der Waals surface area contributed by atoms with Crippen molar-refractivity contribution in [3.05, 3.63) is 29.7 Å². The van der Waals surface area contributed by atoms with E-state index in [-0.39, 0.29) is 17.9 Å². The van der Waals surface area contributed by atoms with Crippen molar-refractivity contribution in [1.82, 2.24) is 4.90 Å². The molecule has 5 nitrogen and oxygen atoms in total. The Morgan fingerprint density at radius 1 is 1.45 bits per heavy atom. The molecule has 0 radical (unpaired) electrons. The summed E-state index contributed by atoms with van der Waals surface area (Å²) in [5, 5.41) is 9.01. The van der Waals surface area contributed by atoms with E-state index >= 15 is 0 Å². The molecule has 0 aliphatic carbocycles. The highest BCUT2D eigenvalue weighted by atomic mass is 16.4. The number of hydrogen-bond acceptors (Lipinski definition) is 3. The zero-order valence-corrected chi connectivity index (χ0v) is 11.7. The molecule has 2 rings (SSSR count). The van der Waals surface area contributed by atoms with E-state index in [9.17, 15) is 9.59 Å². The number of likely N-dealkylation sites (tertiary alicyclic amines) is 1. The van der Waals surface area contributed by atoms with Gasteiger partial charge in [0.05, 0.1) is 5.92 Å². The maximum atomic E-state index is 12.1. The number of aryl methyl sites for hydroxylation is 1. The molecule has 1 aromatic rings. The first-order chi connectivity index (χ1) is 9.47. The third kappa shape index (κ3) is 3.29. The summed E-state index contributed by atoms with van der Waals surface area (Å²) in [7, 11) is 0. The van der Waals surface area contributed by atoms with Crippen molar-refractivity contribution in [3.8, 4) is 0 Å². The second kappa shape index (κ2) is 5.94. The van der Waals surface area contributed by atoms with Crippen LogP contribution in [0.15, 0.2) is 22.6 Å². The fourth-order valence-electron chi connectivity index (χ4n) is 2.52. The maximum absolute atomic E-state index is 12.1. The fourth-order valence-corrected chi connectivity index (χ4v) is 2.52. The van der Waals surface area contributed by atoms with Crippen LogP contribution in [0.3, 0.4) is 0 Å². The average Bonchev–Trinajstić information content (AvgIpc) is 2.81. The van der Waals surface area contributed by atoms with Crippen LogP contribution < -0.4 is 0 Å². The first-order valence-corrected chi connectivity index (χ1v) is 6.75. The molecule has 1 amide bonds. The number of piperidine rings is 1. The lowest BCUT2D eigenvalue weighted by Gasteiger charge is -2.35. The number of carboxylic acids is 1. The SMILES string of the molecule is Cc1ccc(/C=C/C(=O)N2CCC(C(=O)O)CC2C)o1. The van der Waals surface area contributed by atoms with Crippen molar-refractivity contribution in [1.29, 1.82) is 0 Å². The van der Waals surface area contributed by atoms with Gasteiger partial charge in [-0.3, -0.25) is 9.59 Å². The molecule has 2 unspecified atom stereocenters. The van der Waals surface area contributed by atoms with Crippen molar-refractivity contribution in [2.24, 2.45) is 5.92 Å². The van der Waals surface area contributed by atoms with Crippen LogP contribution in [0.2, 0.25) is 0 Å². The Kier molecular flexibility index (Phi) is 4.27. The van der Waals surface area contributed by atoms with Crippen LogP contribution in [0.5, 0.6) is 0 Å². The molecule has 108 valence electrons. The zero-order chi connectivity index (χ0) is 14.7. The van der Waals surface area contributed by atoms with Crippen molar-refractivity contribution >= 4 is 18.0 Å². The number of carbonyl (C=O) groups is 2. The summed E-state index contributed by atoms with van der Waals surface area (Å²) in [6.45, 7) is 4.22. The van der Waals surface area contributed by atoms with E-state index in [4.69, 9.17) is 9.52 Å². The third-order valence-electron chi connectivity index (χ3n) is 3.66. The lowest BCUT2D eigenvalue weighted by Crippen LogP contribution is -2.45. The Balaban J connectivity index is 1.96. The summed E-state index contributed by atoms with van der Waals surface area (Å²) < 4.78 is 5.36. The Hall–Kier alpha value is -2.04. The average molecular weight is 277 g/mol. The number of nitrogens with zero attached hydrogens (tertiary/aromatic N) is 1. The highest BCUT2D eigenvalue weighted by Gasteiger charge is 2.31. The summed E-state index contributed by atoms with van der Waals surface area (Å²) in [6.07, 6.45) is 4.15. The molecule has 1 fully saturated rings.